The molecule has 3 N–H and O–H groups in total. The molecule has 2 aromatic rings. The predicted molar refractivity (Wildman–Crippen MR) is 77.9 cm³/mol. The summed E-state index contributed by atoms with van der Waals surface area (Å²) in [7, 11) is 0. The van der Waals surface area contributed by atoms with Crippen molar-refractivity contribution in [1.82, 2.24) is 15.1 Å². The van der Waals surface area contributed by atoms with Crippen LogP contribution in [0.2, 0.25) is 0 Å². The second kappa shape index (κ2) is 7.45. The summed E-state index contributed by atoms with van der Waals surface area (Å²) < 4.78 is 1.87. The highest BCUT2D eigenvalue weighted by Crippen LogP contribution is 2.10. The van der Waals surface area contributed by atoms with Crippen LogP contribution in [-0.4, -0.2) is 22.2 Å². The molecule has 0 saturated heterocycles. The van der Waals surface area contributed by atoms with Crippen LogP contribution in [0.5, 0.6) is 0 Å². The first kappa shape index (κ1) is 14.3. The van der Waals surface area contributed by atoms with Crippen molar-refractivity contribution in [2.24, 2.45) is 5.73 Å². The van der Waals surface area contributed by atoms with Gasteiger partial charge in [-0.3, -0.25) is 9.48 Å². The van der Waals surface area contributed by atoms with Crippen LogP contribution in [0.1, 0.15) is 24.0 Å². The maximum absolute atomic E-state index is 11.6. The zero-order valence-corrected chi connectivity index (χ0v) is 11.5. The number of hydrogen-bond acceptors (Lipinski definition) is 3. The second-order valence-electron chi connectivity index (χ2n) is 4.64. The van der Waals surface area contributed by atoms with Crippen molar-refractivity contribution in [3.8, 4) is 0 Å². The first-order valence-electron chi connectivity index (χ1n) is 6.80. The molecule has 0 aliphatic heterocycles. The molecule has 106 valence electrons. The number of carbonyl (C=O) groups is 1. The van der Waals surface area contributed by atoms with Gasteiger partial charge < -0.3 is 11.1 Å². The molecule has 0 fully saturated rings. The Morgan fingerprint density at radius 3 is 2.75 bits per heavy atom. The summed E-state index contributed by atoms with van der Waals surface area (Å²) in [5, 5.41) is 7.13. The van der Waals surface area contributed by atoms with Gasteiger partial charge >= 0.3 is 0 Å². The number of nitrogens with zero attached hydrogens (tertiary/aromatic N) is 2. The van der Waals surface area contributed by atoms with Gasteiger partial charge in [0.2, 0.25) is 5.91 Å². The van der Waals surface area contributed by atoms with Crippen molar-refractivity contribution in [1.29, 1.82) is 0 Å². The van der Waals surface area contributed by atoms with Crippen LogP contribution >= 0.6 is 0 Å². The molecular formula is C15H20N4O. The first-order valence-corrected chi connectivity index (χ1v) is 6.80. The van der Waals surface area contributed by atoms with E-state index in [1.807, 2.05) is 35.1 Å². The number of benzene rings is 1. The van der Waals surface area contributed by atoms with Gasteiger partial charge in [-0.05, 0) is 30.2 Å². The number of rotatable bonds is 7. The normalized spacial score (nSPS) is 10.4. The van der Waals surface area contributed by atoms with Crippen molar-refractivity contribution in [2.45, 2.75) is 25.9 Å². The smallest absolute Gasteiger partial charge is 0.220 e. The topological polar surface area (TPSA) is 72.9 Å². The number of aromatic nitrogens is 2. The number of carbonyl (C=O) groups excluding carboxylic acids is 1. The van der Waals surface area contributed by atoms with Crippen LogP contribution in [0.25, 0.3) is 0 Å². The molecule has 1 aromatic carbocycles. The molecule has 0 unspecified atom stereocenters. The van der Waals surface area contributed by atoms with Crippen LogP contribution in [0.3, 0.4) is 0 Å². The Balaban J connectivity index is 1.95. The van der Waals surface area contributed by atoms with Gasteiger partial charge in [-0.25, -0.2) is 0 Å². The van der Waals surface area contributed by atoms with Crippen molar-refractivity contribution < 1.29 is 4.79 Å². The Morgan fingerprint density at radius 2 is 2.05 bits per heavy atom. The number of nitrogens with one attached hydrogen (secondary N) is 1. The van der Waals surface area contributed by atoms with Crippen molar-refractivity contribution in [2.75, 3.05) is 6.54 Å². The van der Waals surface area contributed by atoms with E-state index in [-0.39, 0.29) is 5.91 Å². The SMILES string of the molecule is NCCCC(=O)NCc1ccccc1Cn1cccn1. The first-order chi connectivity index (χ1) is 9.79. The van der Waals surface area contributed by atoms with E-state index in [1.54, 1.807) is 6.20 Å². The maximum Gasteiger partial charge on any atom is 0.220 e. The number of nitrogens with two attached hydrogens (primary N) is 1. The van der Waals surface area contributed by atoms with E-state index in [1.165, 1.54) is 0 Å². The lowest BCUT2D eigenvalue weighted by atomic mass is 10.1. The number of amides is 1. The zero-order chi connectivity index (χ0) is 14.2. The molecule has 2 rings (SSSR count). The summed E-state index contributed by atoms with van der Waals surface area (Å²) in [6.07, 6.45) is 4.90. The van der Waals surface area contributed by atoms with E-state index in [9.17, 15) is 4.79 Å². The number of hydrogen-bond donors (Lipinski definition) is 2. The average molecular weight is 272 g/mol. The lowest BCUT2D eigenvalue weighted by molar-refractivity contribution is -0.121. The second-order valence-corrected chi connectivity index (χ2v) is 4.64. The van der Waals surface area contributed by atoms with Gasteiger partial charge in [0.15, 0.2) is 0 Å². The molecule has 0 atom stereocenters. The van der Waals surface area contributed by atoms with E-state index >= 15 is 0 Å². The van der Waals surface area contributed by atoms with Crippen LogP contribution in [0, 0.1) is 0 Å². The van der Waals surface area contributed by atoms with E-state index in [2.05, 4.69) is 16.5 Å². The van der Waals surface area contributed by atoms with Crippen molar-refractivity contribution >= 4 is 5.91 Å². The molecule has 0 aliphatic carbocycles. The fourth-order valence-electron chi connectivity index (χ4n) is 2.00. The highest BCUT2D eigenvalue weighted by atomic mass is 16.1. The summed E-state index contributed by atoms with van der Waals surface area (Å²) in [6, 6.07) is 9.97. The molecule has 1 aromatic heterocycles. The summed E-state index contributed by atoms with van der Waals surface area (Å²) in [5.41, 5.74) is 7.67. The lowest BCUT2D eigenvalue weighted by Crippen LogP contribution is -2.24. The molecule has 1 heterocycles. The molecule has 0 radical (unpaired) electrons. The van der Waals surface area contributed by atoms with E-state index in [4.69, 9.17) is 5.73 Å². The van der Waals surface area contributed by atoms with Crippen LogP contribution in [-0.2, 0) is 17.9 Å². The Kier molecular flexibility index (Phi) is 5.32. The minimum Gasteiger partial charge on any atom is -0.352 e. The fourth-order valence-corrected chi connectivity index (χ4v) is 2.00. The third-order valence-corrected chi connectivity index (χ3v) is 3.09. The van der Waals surface area contributed by atoms with Crippen molar-refractivity contribution in [3.63, 3.8) is 0 Å². The quantitative estimate of drug-likeness (QED) is 0.797. The van der Waals surface area contributed by atoms with E-state index in [0.29, 0.717) is 26.1 Å². The predicted octanol–water partition coefficient (Wildman–Crippen LogP) is 1.29. The van der Waals surface area contributed by atoms with E-state index < -0.39 is 0 Å². The highest BCUT2D eigenvalue weighted by molar-refractivity contribution is 5.75. The zero-order valence-electron chi connectivity index (χ0n) is 11.5. The summed E-state index contributed by atoms with van der Waals surface area (Å²) in [5.74, 6) is 0.0457. The standard InChI is InChI=1S/C15H20N4O/c16-8-3-7-15(20)17-11-13-5-1-2-6-14(13)12-19-10-4-9-18-19/h1-2,4-6,9-10H,3,7-8,11-12,16H2,(H,17,20). The molecule has 0 bridgehead atoms. The Bertz CT molecular complexity index is 537. The molecule has 0 saturated carbocycles. The largest absolute Gasteiger partial charge is 0.352 e. The molecule has 0 spiro atoms. The van der Waals surface area contributed by atoms with Crippen molar-refractivity contribution in [3.05, 3.63) is 53.9 Å². The molecular weight excluding hydrogens is 252 g/mol. The summed E-state index contributed by atoms with van der Waals surface area (Å²) in [6.45, 7) is 1.80. The van der Waals surface area contributed by atoms with Gasteiger partial charge in [0, 0.05) is 25.4 Å². The van der Waals surface area contributed by atoms with Crippen LogP contribution in [0.4, 0.5) is 0 Å². The van der Waals surface area contributed by atoms with Gasteiger partial charge in [-0.15, -0.1) is 0 Å². The molecule has 1 amide bonds. The molecule has 5 nitrogen and oxygen atoms in total. The molecule has 0 aliphatic rings. The summed E-state index contributed by atoms with van der Waals surface area (Å²) >= 11 is 0. The Hall–Kier alpha value is -2.14. The summed E-state index contributed by atoms with van der Waals surface area (Å²) in [4.78, 5) is 11.6. The maximum atomic E-state index is 11.6. The van der Waals surface area contributed by atoms with Crippen LogP contribution < -0.4 is 11.1 Å². The van der Waals surface area contributed by atoms with E-state index in [0.717, 1.165) is 17.5 Å². The van der Waals surface area contributed by atoms with Gasteiger partial charge in [-0.1, -0.05) is 24.3 Å². The molecule has 20 heavy (non-hydrogen) atoms. The fraction of sp³-hybridized carbons (Fsp3) is 0.333. The van der Waals surface area contributed by atoms with Gasteiger partial charge in [0.1, 0.15) is 0 Å². The minimum absolute atomic E-state index is 0.0457. The van der Waals surface area contributed by atoms with Gasteiger partial charge in [-0.2, -0.15) is 5.10 Å². The lowest BCUT2D eigenvalue weighted by Gasteiger charge is -2.11. The third-order valence-electron chi connectivity index (χ3n) is 3.09. The monoisotopic (exact) mass is 272 g/mol. The van der Waals surface area contributed by atoms with Gasteiger partial charge in [0.25, 0.3) is 0 Å². The third kappa shape index (κ3) is 4.20. The average Bonchev–Trinajstić information content (AvgIpc) is 2.97. The minimum atomic E-state index is 0.0457. The van der Waals surface area contributed by atoms with Gasteiger partial charge in [0.05, 0.1) is 6.54 Å². The molecule has 5 heteroatoms. The van der Waals surface area contributed by atoms with Crippen LogP contribution in [0.15, 0.2) is 42.7 Å². The Labute approximate surface area is 118 Å². The Morgan fingerprint density at radius 1 is 1.25 bits per heavy atom. The highest BCUT2D eigenvalue weighted by Gasteiger charge is 2.05.